The van der Waals surface area contributed by atoms with Gasteiger partial charge in [0.1, 0.15) is 0 Å². The second-order valence-corrected chi connectivity index (χ2v) is 3.07. The number of aliphatic hydroxyl groups is 1. The van der Waals surface area contributed by atoms with Crippen LogP contribution in [-0.4, -0.2) is 5.11 Å². The zero-order valence-electron chi connectivity index (χ0n) is 6.05. The van der Waals surface area contributed by atoms with E-state index in [2.05, 4.69) is 22.5 Å². The highest BCUT2D eigenvalue weighted by atomic mass is 79.9. The van der Waals surface area contributed by atoms with Crippen LogP contribution in [-0.2, 0) is 6.61 Å². The molecule has 1 aromatic rings. The summed E-state index contributed by atoms with van der Waals surface area (Å²) in [6.45, 7) is 3.70. The van der Waals surface area contributed by atoms with Gasteiger partial charge in [-0.3, -0.25) is 0 Å². The molecule has 1 aromatic carbocycles. The molecule has 1 rings (SSSR count). The minimum Gasteiger partial charge on any atom is -0.392 e. The molecule has 0 aliphatic carbocycles. The number of aliphatic hydroxyl groups excluding tert-OH is 1. The van der Waals surface area contributed by atoms with E-state index in [4.69, 9.17) is 5.11 Å². The summed E-state index contributed by atoms with van der Waals surface area (Å²) in [7, 11) is 0. The maximum atomic E-state index is 8.87. The summed E-state index contributed by atoms with van der Waals surface area (Å²) in [5.41, 5.74) is 1.92. The summed E-state index contributed by atoms with van der Waals surface area (Å²) >= 11 is 3.33. The van der Waals surface area contributed by atoms with Crippen LogP contribution in [0.25, 0.3) is 6.08 Å². The summed E-state index contributed by atoms with van der Waals surface area (Å²) in [5.74, 6) is 0. The quantitative estimate of drug-likeness (QED) is 0.800. The number of rotatable bonds is 2. The van der Waals surface area contributed by atoms with Gasteiger partial charge in [0.05, 0.1) is 6.61 Å². The fourth-order valence-corrected chi connectivity index (χ4v) is 1.21. The Morgan fingerprint density at radius 3 is 2.82 bits per heavy atom. The largest absolute Gasteiger partial charge is 0.392 e. The molecule has 11 heavy (non-hydrogen) atoms. The molecule has 0 bridgehead atoms. The van der Waals surface area contributed by atoms with Crippen molar-refractivity contribution in [2.75, 3.05) is 0 Å². The van der Waals surface area contributed by atoms with E-state index in [1.54, 1.807) is 6.08 Å². The highest BCUT2D eigenvalue weighted by Crippen LogP contribution is 2.18. The average Bonchev–Trinajstić information content (AvgIpc) is 2.05. The molecule has 58 valence electrons. The lowest BCUT2D eigenvalue weighted by molar-refractivity contribution is 0.281. The van der Waals surface area contributed by atoms with E-state index in [9.17, 15) is 0 Å². The predicted molar refractivity (Wildman–Crippen MR) is 50.2 cm³/mol. The Labute approximate surface area is 74.5 Å². The lowest BCUT2D eigenvalue weighted by Crippen LogP contribution is -1.85. The van der Waals surface area contributed by atoms with Crippen LogP contribution in [0.4, 0.5) is 0 Å². The van der Waals surface area contributed by atoms with Crippen molar-refractivity contribution in [1.82, 2.24) is 0 Å². The average molecular weight is 213 g/mol. The summed E-state index contributed by atoms with van der Waals surface area (Å²) in [5, 5.41) is 8.87. The van der Waals surface area contributed by atoms with Gasteiger partial charge in [-0.25, -0.2) is 0 Å². The van der Waals surface area contributed by atoms with Gasteiger partial charge >= 0.3 is 0 Å². The SMILES string of the molecule is C=Cc1ccc(Br)c(CO)c1. The van der Waals surface area contributed by atoms with Gasteiger partial charge in [0, 0.05) is 4.47 Å². The van der Waals surface area contributed by atoms with E-state index in [0.29, 0.717) is 0 Å². The van der Waals surface area contributed by atoms with Crippen LogP contribution in [0, 0.1) is 0 Å². The van der Waals surface area contributed by atoms with Gasteiger partial charge in [-0.1, -0.05) is 34.7 Å². The smallest absolute Gasteiger partial charge is 0.0693 e. The Kier molecular flexibility index (Phi) is 2.85. The minimum absolute atomic E-state index is 0.0578. The molecule has 0 heterocycles. The van der Waals surface area contributed by atoms with E-state index in [-0.39, 0.29) is 6.61 Å². The van der Waals surface area contributed by atoms with Gasteiger partial charge in [-0.05, 0) is 23.3 Å². The molecule has 1 nitrogen and oxygen atoms in total. The summed E-state index contributed by atoms with van der Waals surface area (Å²) in [6, 6.07) is 5.75. The first kappa shape index (κ1) is 8.50. The van der Waals surface area contributed by atoms with E-state index < -0.39 is 0 Å². The van der Waals surface area contributed by atoms with Gasteiger partial charge in [-0.15, -0.1) is 0 Å². The molecule has 0 saturated heterocycles. The molecule has 0 saturated carbocycles. The molecular weight excluding hydrogens is 204 g/mol. The van der Waals surface area contributed by atoms with Gasteiger partial charge in [0.15, 0.2) is 0 Å². The molecule has 2 heteroatoms. The third-order valence-electron chi connectivity index (χ3n) is 1.48. The molecule has 1 N–H and O–H groups in total. The molecule has 0 aliphatic heterocycles. The van der Waals surface area contributed by atoms with Crippen molar-refractivity contribution in [2.24, 2.45) is 0 Å². The molecule has 0 aliphatic rings. The monoisotopic (exact) mass is 212 g/mol. The lowest BCUT2D eigenvalue weighted by Gasteiger charge is -2.00. The maximum absolute atomic E-state index is 8.87. The van der Waals surface area contributed by atoms with Crippen LogP contribution in [0.1, 0.15) is 11.1 Å². The van der Waals surface area contributed by atoms with Crippen molar-refractivity contribution in [1.29, 1.82) is 0 Å². The van der Waals surface area contributed by atoms with Crippen LogP contribution in [0.5, 0.6) is 0 Å². The van der Waals surface area contributed by atoms with E-state index in [1.807, 2.05) is 18.2 Å². The van der Waals surface area contributed by atoms with E-state index in [1.165, 1.54) is 0 Å². The number of hydrogen-bond donors (Lipinski definition) is 1. The van der Waals surface area contributed by atoms with Crippen molar-refractivity contribution in [3.05, 3.63) is 40.4 Å². The van der Waals surface area contributed by atoms with E-state index in [0.717, 1.165) is 15.6 Å². The zero-order valence-corrected chi connectivity index (χ0v) is 7.63. The molecule has 0 amide bonds. The van der Waals surface area contributed by atoms with Crippen LogP contribution in [0.2, 0.25) is 0 Å². The third-order valence-corrected chi connectivity index (χ3v) is 2.25. The van der Waals surface area contributed by atoms with Crippen LogP contribution >= 0.6 is 15.9 Å². The Morgan fingerprint density at radius 1 is 1.55 bits per heavy atom. The van der Waals surface area contributed by atoms with Crippen molar-refractivity contribution >= 4 is 22.0 Å². The zero-order chi connectivity index (χ0) is 8.27. The second kappa shape index (κ2) is 3.69. The molecule has 0 fully saturated rings. The highest BCUT2D eigenvalue weighted by Gasteiger charge is 1.97. The summed E-state index contributed by atoms with van der Waals surface area (Å²) in [4.78, 5) is 0. The molecule has 0 aromatic heterocycles. The van der Waals surface area contributed by atoms with Crippen LogP contribution < -0.4 is 0 Å². The fraction of sp³-hybridized carbons (Fsp3) is 0.111. The number of hydrogen-bond acceptors (Lipinski definition) is 1. The molecule has 0 atom stereocenters. The first-order valence-corrected chi connectivity index (χ1v) is 4.09. The van der Waals surface area contributed by atoms with E-state index >= 15 is 0 Å². The second-order valence-electron chi connectivity index (χ2n) is 2.21. The Balaban J connectivity index is 3.12. The molecule has 0 radical (unpaired) electrons. The highest BCUT2D eigenvalue weighted by molar-refractivity contribution is 9.10. The Morgan fingerprint density at radius 2 is 2.27 bits per heavy atom. The fourth-order valence-electron chi connectivity index (χ4n) is 0.843. The standard InChI is InChI=1S/C9H9BrO/c1-2-7-3-4-9(10)8(5-7)6-11/h2-5,11H,1,6H2. The third kappa shape index (κ3) is 1.91. The maximum Gasteiger partial charge on any atom is 0.0693 e. The van der Waals surface area contributed by atoms with Crippen molar-refractivity contribution in [3.63, 3.8) is 0 Å². The first-order valence-electron chi connectivity index (χ1n) is 3.29. The van der Waals surface area contributed by atoms with Gasteiger partial charge in [-0.2, -0.15) is 0 Å². The molecule has 0 unspecified atom stereocenters. The van der Waals surface area contributed by atoms with Crippen LogP contribution in [0.15, 0.2) is 29.3 Å². The normalized spacial score (nSPS) is 9.64. The van der Waals surface area contributed by atoms with Crippen molar-refractivity contribution < 1.29 is 5.11 Å². The predicted octanol–water partition coefficient (Wildman–Crippen LogP) is 2.58. The van der Waals surface area contributed by atoms with Gasteiger partial charge in [0.25, 0.3) is 0 Å². The summed E-state index contributed by atoms with van der Waals surface area (Å²) in [6.07, 6.45) is 1.76. The number of benzene rings is 1. The van der Waals surface area contributed by atoms with Gasteiger partial charge in [0.2, 0.25) is 0 Å². The minimum atomic E-state index is 0.0578. The topological polar surface area (TPSA) is 20.2 Å². The lowest BCUT2D eigenvalue weighted by atomic mass is 10.1. The number of halogens is 1. The first-order chi connectivity index (χ1) is 5.27. The summed E-state index contributed by atoms with van der Waals surface area (Å²) < 4.78 is 0.936. The van der Waals surface area contributed by atoms with Crippen molar-refractivity contribution in [3.8, 4) is 0 Å². The Bertz CT molecular complexity index is 268. The molecule has 0 spiro atoms. The van der Waals surface area contributed by atoms with Gasteiger partial charge < -0.3 is 5.11 Å². The van der Waals surface area contributed by atoms with Crippen LogP contribution in [0.3, 0.4) is 0 Å². The van der Waals surface area contributed by atoms with Crippen molar-refractivity contribution in [2.45, 2.75) is 6.61 Å². The molecular formula is C9H9BrO. The Hall–Kier alpha value is -0.600.